The highest BCUT2D eigenvalue weighted by Crippen LogP contribution is 2.22. The Kier molecular flexibility index (Phi) is 6.09. The highest BCUT2D eigenvalue weighted by molar-refractivity contribution is 5.19. The molecule has 19 heavy (non-hydrogen) atoms. The summed E-state index contributed by atoms with van der Waals surface area (Å²) in [4.78, 5) is 4.11. The van der Waals surface area contributed by atoms with Crippen molar-refractivity contribution in [2.45, 2.75) is 57.9 Å². The van der Waals surface area contributed by atoms with Gasteiger partial charge in [0.1, 0.15) is 0 Å². The minimum Gasteiger partial charge on any atom is -0.310 e. The number of allylic oxidation sites excluding steroid dienone is 1. The molecule has 0 saturated heterocycles. The van der Waals surface area contributed by atoms with Crippen LogP contribution in [0.5, 0.6) is 0 Å². The van der Waals surface area contributed by atoms with E-state index >= 15 is 0 Å². The van der Waals surface area contributed by atoms with Crippen LogP contribution in [0.4, 0.5) is 0 Å². The third-order valence-electron chi connectivity index (χ3n) is 3.85. The Labute approximate surface area is 117 Å². The Hall–Kier alpha value is -1.15. The molecule has 1 aromatic heterocycles. The topological polar surface area (TPSA) is 24.9 Å². The highest BCUT2D eigenvalue weighted by Gasteiger charge is 2.15. The van der Waals surface area contributed by atoms with Gasteiger partial charge in [0.15, 0.2) is 0 Å². The van der Waals surface area contributed by atoms with Gasteiger partial charge in [0.05, 0.1) is 0 Å². The lowest BCUT2D eigenvalue weighted by Crippen LogP contribution is -2.33. The molecule has 0 saturated carbocycles. The van der Waals surface area contributed by atoms with Gasteiger partial charge in [0.25, 0.3) is 0 Å². The first-order valence-corrected chi connectivity index (χ1v) is 7.71. The second kappa shape index (κ2) is 8.11. The molecule has 1 aliphatic carbocycles. The molecule has 0 radical (unpaired) electrons. The molecule has 0 aromatic carbocycles. The standard InChI is InChI=1S/C17H26N2/c1-2-11-19-17(14-15-9-12-18-13-10-15)16-7-5-3-4-6-8-16/h7,9-10,12-13,17,19H,2-6,8,11,14H2,1H3. The molecule has 0 bridgehead atoms. The van der Waals surface area contributed by atoms with E-state index in [-0.39, 0.29) is 0 Å². The molecule has 1 aliphatic rings. The van der Waals surface area contributed by atoms with Crippen LogP contribution in [0.25, 0.3) is 0 Å². The van der Waals surface area contributed by atoms with E-state index in [0.717, 1.165) is 13.0 Å². The van der Waals surface area contributed by atoms with Gasteiger partial charge in [-0.3, -0.25) is 4.98 Å². The van der Waals surface area contributed by atoms with Crippen LogP contribution in [0.15, 0.2) is 36.2 Å². The summed E-state index contributed by atoms with van der Waals surface area (Å²) >= 11 is 0. The Morgan fingerprint density at radius 2 is 2.05 bits per heavy atom. The molecule has 1 heterocycles. The molecule has 0 aliphatic heterocycles. The number of aromatic nitrogens is 1. The van der Waals surface area contributed by atoms with E-state index in [0.29, 0.717) is 6.04 Å². The fourth-order valence-electron chi connectivity index (χ4n) is 2.76. The van der Waals surface area contributed by atoms with E-state index in [1.807, 2.05) is 12.4 Å². The lowest BCUT2D eigenvalue weighted by atomic mass is 9.96. The van der Waals surface area contributed by atoms with Gasteiger partial charge in [-0.2, -0.15) is 0 Å². The molecule has 1 N–H and O–H groups in total. The largest absolute Gasteiger partial charge is 0.310 e. The molecule has 2 nitrogen and oxygen atoms in total. The van der Waals surface area contributed by atoms with Gasteiger partial charge in [-0.05, 0) is 62.8 Å². The molecule has 2 heteroatoms. The van der Waals surface area contributed by atoms with Gasteiger partial charge in [0.2, 0.25) is 0 Å². The number of hydrogen-bond acceptors (Lipinski definition) is 2. The van der Waals surface area contributed by atoms with Crippen LogP contribution in [-0.2, 0) is 6.42 Å². The number of hydrogen-bond donors (Lipinski definition) is 1. The maximum absolute atomic E-state index is 4.11. The van der Waals surface area contributed by atoms with E-state index in [2.05, 4.69) is 35.4 Å². The van der Waals surface area contributed by atoms with Crippen molar-refractivity contribution in [1.29, 1.82) is 0 Å². The second-order valence-corrected chi connectivity index (χ2v) is 5.44. The zero-order chi connectivity index (χ0) is 13.3. The minimum atomic E-state index is 0.514. The van der Waals surface area contributed by atoms with E-state index in [9.17, 15) is 0 Å². The molecule has 0 fully saturated rings. The van der Waals surface area contributed by atoms with Crippen molar-refractivity contribution in [3.8, 4) is 0 Å². The van der Waals surface area contributed by atoms with Crippen LogP contribution < -0.4 is 5.32 Å². The predicted molar refractivity (Wildman–Crippen MR) is 81.2 cm³/mol. The van der Waals surface area contributed by atoms with E-state index in [1.54, 1.807) is 5.57 Å². The Bertz CT molecular complexity index is 384. The number of rotatable bonds is 6. The first kappa shape index (κ1) is 14.3. The van der Waals surface area contributed by atoms with Gasteiger partial charge in [-0.25, -0.2) is 0 Å². The molecular formula is C17H26N2. The number of nitrogens with zero attached hydrogens (tertiary/aromatic N) is 1. The van der Waals surface area contributed by atoms with Gasteiger partial charge >= 0.3 is 0 Å². The van der Waals surface area contributed by atoms with Crippen molar-refractivity contribution >= 4 is 0 Å². The van der Waals surface area contributed by atoms with Crippen LogP contribution in [0.3, 0.4) is 0 Å². The second-order valence-electron chi connectivity index (χ2n) is 5.44. The predicted octanol–water partition coefficient (Wildman–Crippen LogP) is 3.88. The summed E-state index contributed by atoms with van der Waals surface area (Å²) in [6, 6.07) is 4.79. The molecule has 0 spiro atoms. The van der Waals surface area contributed by atoms with Crippen LogP contribution in [0, 0.1) is 0 Å². The lowest BCUT2D eigenvalue weighted by Gasteiger charge is -2.22. The maximum atomic E-state index is 4.11. The monoisotopic (exact) mass is 258 g/mol. The van der Waals surface area contributed by atoms with Crippen LogP contribution in [0.2, 0.25) is 0 Å². The summed E-state index contributed by atoms with van der Waals surface area (Å²) in [5.74, 6) is 0. The van der Waals surface area contributed by atoms with Crippen molar-refractivity contribution in [3.63, 3.8) is 0 Å². The Balaban J connectivity index is 2.04. The molecule has 104 valence electrons. The average Bonchev–Trinajstić information content (AvgIpc) is 2.73. The quantitative estimate of drug-likeness (QED) is 0.783. The number of nitrogens with one attached hydrogen (secondary N) is 1. The van der Waals surface area contributed by atoms with Gasteiger partial charge in [-0.15, -0.1) is 0 Å². The molecule has 2 rings (SSSR count). The van der Waals surface area contributed by atoms with Crippen molar-refractivity contribution < 1.29 is 0 Å². The van der Waals surface area contributed by atoms with Crippen LogP contribution in [0.1, 0.15) is 51.0 Å². The van der Waals surface area contributed by atoms with Crippen molar-refractivity contribution in [2.24, 2.45) is 0 Å². The lowest BCUT2D eigenvalue weighted by molar-refractivity contribution is 0.543. The van der Waals surface area contributed by atoms with Crippen molar-refractivity contribution in [1.82, 2.24) is 10.3 Å². The Morgan fingerprint density at radius 3 is 2.84 bits per heavy atom. The van der Waals surface area contributed by atoms with Crippen LogP contribution in [-0.4, -0.2) is 17.6 Å². The SMILES string of the molecule is CCCNC(Cc1ccncc1)C1=CCCCCC1. The zero-order valence-electron chi connectivity index (χ0n) is 12.1. The summed E-state index contributed by atoms with van der Waals surface area (Å²) in [6.45, 7) is 3.34. The summed E-state index contributed by atoms with van der Waals surface area (Å²) in [7, 11) is 0. The molecule has 1 aromatic rings. The van der Waals surface area contributed by atoms with Gasteiger partial charge in [-0.1, -0.05) is 25.0 Å². The van der Waals surface area contributed by atoms with Crippen molar-refractivity contribution in [2.75, 3.05) is 6.54 Å². The first-order chi connectivity index (χ1) is 9.40. The normalized spacial score (nSPS) is 17.6. The van der Waals surface area contributed by atoms with Crippen molar-refractivity contribution in [3.05, 3.63) is 41.7 Å². The van der Waals surface area contributed by atoms with E-state index in [1.165, 1.54) is 44.1 Å². The fraction of sp³-hybridized carbons (Fsp3) is 0.588. The summed E-state index contributed by atoms with van der Waals surface area (Å²) < 4.78 is 0. The highest BCUT2D eigenvalue weighted by atomic mass is 14.9. The summed E-state index contributed by atoms with van der Waals surface area (Å²) in [6.07, 6.45) is 15.2. The van der Waals surface area contributed by atoms with E-state index < -0.39 is 0 Å². The number of pyridine rings is 1. The average molecular weight is 258 g/mol. The Morgan fingerprint density at radius 1 is 1.21 bits per heavy atom. The third-order valence-corrected chi connectivity index (χ3v) is 3.85. The summed E-state index contributed by atoms with van der Waals surface area (Å²) in [5.41, 5.74) is 3.01. The van der Waals surface area contributed by atoms with E-state index in [4.69, 9.17) is 0 Å². The smallest absolute Gasteiger partial charge is 0.0320 e. The molecule has 1 atom stereocenters. The molecular weight excluding hydrogens is 232 g/mol. The van der Waals surface area contributed by atoms with Gasteiger partial charge < -0.3 is 5.32 Å². The maximum Gasteiger partial charge on any atom is 0.0320 e. The van der Waals surface area contributed by atoms with Crippen LogP contribution >= 0.6 is 0 Å². The zero-order valence-corrected chi connectivity index (χ0v) is 12.1. The molecule has 0 amide bonds. The fourth-order valence-corrected chi connectivity index (χ4v) is 2.76. The third kappa shape index (κ3) is 4.79. The summed E-state index contributed by atoms with van der Waals surface area (Å²) in [5, 5.41) is 3.73. The first-order valence-electron chi connectivity index (χ1n) is 7.71. The van der Waals surface area contributed by atoms with Gasteiger partial charge in [0, 0.05) is 18.4 Å². The molecule has 1 unspecified atom stereocenters. The minimum absolute atomic E-state index is 0.514.